The van der Waals surface area contributed by atoms with Crippen LogP contribution in [0.25, 0.3) is 0 Å². The van der Waals surface area contributed by atoms with E-state index in [4.69, 9.17) is 0 Å². The number of carbonyl (C=O) groups excluding carboxylic acids is 1. The highest BCUT2D eigenvalue weighted by Gasteiger charge is 2.17. The topological polar surface area (TPSA) is 51.2 Å². The summed E-state index contributed by atoms with van der Waals surface area (Å²) >= 11 is 1.34. The molecule has 0 aliphatic rings. The highest BCUT2D eigenvalue weighted by Crippen LogP contribution is 2.16. The number of thiophene rings is 1. The number of hydrogen-bond acceptors (Lipinski definition) is 4. The van der Waals surface area contributed by atoms with Crippen molar-refractivity contribution in [2.24, 2.45) is 0 Å². The van der Waals surface area contributed by atoms with Crippen LogP contribution in [0.5, 0.6) is 0 Å². The van der Waals surface area contributed by atoms with Crippen LogP contribution < -0.4 is 0 Å². The first-order chi connectivity index (χ1) is 6.94. The Labute approximate surface area is 94.0 Å². The molecular weight excluding hydrogens is 232 g/mol. The van der Waals surface area contributed by atoms with Crippen LogP contribution in [-0.2, 0) is 9.84 Å². The van der Waals surface area contributed by atoms with Gasteiger partial charge in [0, 0.05) is 4.88 Å². The zero-order valence-electron chi connectivity index (χ0n) is 8.82. The molecule has 15 heavy (non-hydrogen) atoms. The molecule has 1 aromatic rings. The number of Topliss-reactive ketones (excluding diaryl/α,β-unsaturated/α-hetero) is 1. The van der Waals surface area contributed by atoms with E-state index >= 15 is 0 Å². The molecule has 1 heterocycles. The lowest BCUT2D eigenvalue weighted by Crippen LogP contribution is -2.17. The van der Waals surface area contributed by atoms with Gasteiger partial charge in [0.25, 0.3) is 0 Å². The zero-order valence-corrected chi connectivity index (χ0v) is 10.5. The Kier molecular flexibility index (Phi) is 4.04. The van der Waals surface area contributed by atoms with E-state index in [0.29, 0.717) is 11.3 Å². The van der Waals surface area contributed by atoms with Gasteiger partial charge in [-0.2, -0.15) is 0 Å². The average molecular weight is 246 g/mol. The van der Waals surface area contributed by atoms with Gasteiger partial charge in [0.05, 0.1) is 10.6 Å². The molecule has 0 N–H and O–H groups in total. The molecule has 0 amide bonds. The molecule has 0 aliphatic carbocycles. The SMILES string of the molecule is CCCS(=O)(=O)CC(=O)c1ccc(C)s1. The highest BCUT2D eigenvalue weighted by molar-refractivity contribution is 7.92. The van der Waals surface area contributed by atoms with E-state index in [2.05, 4.69) is 0 Å². The average Bonchev–Trinajstić information content (AvgIpc) is 2.50. The van der Waals surface area contributed by atoms with Crippen LogP contribution in [-0.4, -0.2) is 25.7 Å². The fourth-order valence-corrected chi connectivity index (χ4v) is 3.46. The van der Waals surface area contributed by atoms with Crippen LogP contribution in [0.4, 0.5) is 0 Å². The third-order valence-electron chi connectivity index (χ3n) is 1.88. The lowest BCUT2D eigenvalue weighted by atomic mass is 10.3. The molecule has 0 saturated heterocycles. The molecule has 0 spiro atoms. The summed E-state index contributed by atoms with van der Waals surface area (Å²) in [6.45, 7) is 3.68. The van der Waals surface area contributed by atoms with Gasteiger partial charge in [-0.25, -0.2) is 8.42 Å². The Bertz CT molecular complexity index is 443. The van der Waals surface area contributed by atoms with Crippen molar-refractivity contribution < 1.29 is 13.2 Å². The second kappa shape index (κ2) is 4.90. The summed E-state index contributed by atoms with van der Waals surface area (Å²) in [6, 6.07) is 3.51. The molecule has 0 bridgehead atoms. The van der Waals surface area contributed by atoms with Gasteiger partial charge in [0.15, 0.2) is 15.6 Å². The van der Waals surface area contributed by atoms with E-state index in [9.17, 15) is 13.2 Å². The Morgan fingerprint density at radius 2 is 2.07 bits per heavy atom. The van der Waals surface area contributed by atoms with Crippen LogP contribution >= 0.6 is 11.3 Å². The van der Waals surface area contributed by atoms with E-state index in [-0.39, 0.29) is 17.3 Å². The second-order valence-corrected chi connectivity index (χ2v) is 6.90. The number of ketones is 1. The van der Waals surface area contributed by atoms with Crippen molar-refractivity contribution in [1.29, 1.82) is 0 Å². The van der Waals surface area contributed by atoms with E-state index < -0.39 is 9.84 Å². The molecule has 84 valence electrons. The molecule has 0 atom stereocenters. The van der Waals surface area contributed by atoms with Crippen molar-refractivity contribution in [3.8, 4) is 0 Å². The molecule has 3 nitrogen and oxygen atoms in total. The Hall–Kier alpha value is -0.680. The van der Waals surface area contributed by atoms with Crippen molar-refractivity contribution in [2.45, 2.75) is 20.3 Å². The first kappa shape index (κ1) is 12.4. The standard InChI is InChI=1S/C10H14O3S2/c1-3-6-15(12,13)7-9(11)10-5-4-8(2)14-10/h4-5H,3,6-7H2,1-2H3. The molecular formula is C10H14O3S2. The minimum absolute atomic E-state index is 0.0864. The zero-order chi connectivity index (χ0) is 11.5. The summed E-state index contributed by atoms with van der Waals surface area (Å²) in [5, 5.41) is 0. The Balaban J connectivity index is 2.72. The molecule has 0 radical (unpaired) electrons. The van der Waals surface area contributed by atoms with Gasteiger partial charge in [0.2, 0.25) is 0 Å². The summed E-state index contributed by atoms with van der Waals surface area (Å²) in [5.41, 5.74) is 0. The fourth-order valence-electron chi connectivity index (χ4n) is 1.24. The number of rotatable bonds is 5. The number of carbonyl (C=O) groups is 1. The van der Waals surface area contributed by atoms with E-state index in [1.165, 1.54) is 11.3 Å². The molecule has 0 aliphatic heterocycles. The first-order valence-electron chi connectivity index (χ1n) is 4.74. The number of sulfone groups is 1. The number of aryl methyl sites for hydroxylation is 1. The first-order valence-corrected chi connectivity index (χ1v) is 7.38. The quantitative estimate of drug-likeness (QED) is 0.747. The van der Waals surface area contributed by atoms with E-state index in [1.807, 2.05) is 13.0 Å². The molecule has 1 rings (SSSR count). The molecule has 5 heteroatoms. The molecule has 0 aromatic carbocycles. The van der Waals surface area contributed by atoms with Gasteiger partial charge in [-0.3, -0.25) is 4.79 Å². The van der Waals surface area contributed by atoms with Crippen LogP contribution in [0, 0.1) is 6.92 Å². The summed E-state index contributed by atoms with van der Waals surface area (Å²) < 4.78 is 22.8. The molecule has 0 fully saturated rings. The van der Waals surface area contributed by atoms with Crippen molar-refractivity contribution in [1.82, 2.24) is 0 Å². The third-order valence-corrected chi connectivity index (χ3v) is 4.66. The Morgan fingerprint density at radius 1 is 1.40 bits per heavy atom. The lowest BCUT2D eigenvalue weighted by molar-refractivity contribution is 0.102. The highest BCUT2D eigenvalue weighted by atomic mass is 32.2. The van der Waals surface area contributed by atoms with E-state index in [1.54, 1.807) is 13.0 Å². The predicted octanol–water partition coefficient (Wildman–Crippen LogP) is 2.06. The van der Waals surface area contributed by atoms with Gasteiger partial charge < -0.3 is 0 Å². The van der Waals surface area contributed by atoms with Crippen molar-refractivity contribution in [2.75, 3.05) is 11.5 Å². The minimum atomic E-state index is -3.21. The Morgan fingerprint density at radius 3 is 2.53 bits per heavy atom. The summed E-state index contributed by atoms with van der Waals surface area (Å²) in [6.07, 6.45) is 0.555. The van der Waals surface area contributed by atoms with Gasteiger partial charge in [-0.1, -0.05) is 6.92 Å². The van der Waals surface area contributed by atoms with E-state index in [0.717, 1.165) is 4.88 Å². The summed E-state index contributed by atoms with van der Waals surface area (Å²) in [5.74, 6) is -0.564. The summed E-state index contributed by atoms with van der Waals surface area (Å²) in [7, 11) is -3.21. The van der Waals surface area contributed by atoms with Gasteiger partial charge in [-0.05, 0) is 25.5 Å². The fraction of sp³-hybridized carbons (Fsp3) is 0.500. The molecule has 1 aromatic heterocycles. The van der Waals surface area contributed by atoms with Crippen LogP contribution in [0.1, 0.15) is 27.9 Å². The molecule has 0 unspecified atom stereocenters. The summed E-state index contributed by atoms with van der Waals surface area (Å²) in [4.78, 5) is 13.1. The maximum Gasteiger partial charge on any atom is 0.187 e. The predicted molar refractivity (Wildman–Crippen MR) is 62.3 cm³/mol. The lowest BCUT2D eigenvalue weighted by Gasteiger charge is -1.99. The van der Waals surface area contributed by atoms with Gasteiger partial charge >= 0.3 is 0 Å². The van der Waals surface area contributed by atoms with Crippen LogP contribution in [0.3, 0.4) is 0 Å². The number of hydrogen-bond donors (Lipinski definition) is 0. The maximum absolute atomic E-state index is 11.6. The van der Waals surface area contributed by atoms with Gasteiger partial charge in [-0.15, -0.1) is 11.3 Å². The van der Waals surface area contributed by atoms with Crippen molar-refractivity contribution in [3.63, 3.8) is 0 Å². The van der Waals surface area contributed by atoms with Crippen molar-refractivity contribution in [3.05, 3.63) is 21.9 Å². The normalized spacial score (nSPS) is 11.6. The third kappa shape index (κ3) is 3.76. The van der Waals surface area contributed by atoms with Gasteiger partial charge in [0.1, 0.15) is 5.75 Å². The molecule has 0 saturated carbocycles. The van der Waals surface area contributed by atoms with Crippen molar-refractivity contribution >= 4 is 27.0 Å². The monoisotopic (exact) mass is 246 g/mol. The smallest absolute Gasteiger partial charge is 0.187 e. The van der Waals surface area contributed by atoms with Crippen LogP contribution in [0.2, 0.25) is 0 Å². The largest absolute Gasteiger partial charge is 0.292 e. The minimum Gasteiger partial charge on any atom is -0.292 e. The second-order valence-electron chi connectivity index (χ2n) is 3.43. The van der Waals surface area contributed by atoms with Crippen LogP contribution in [0.15, 0.2) is 12.1 Å². The maximum atomic E-state index is 11.6.